The Bertz CT molecular complexity index is 546. The summed E-state index contributed by atoms with van der Waals surface area (Å²) in [7, 11) is 0. The van der Waals surface area contributed by atoms with Crippen LogP contribution in [0.5, 0.6) is 11.5 Å². The van der Waals surface area contributed by atoms with Crippen LogP contribution < -0.4 is 15.2 Å². The Labute approximate surface area is 130 Å². The lowest BCUT2D eigenvalue weighted by Gasteiger charge is -2.10. The van der Waals surface area contributed by atoms with E-state index in [4.69, 9.17) is 26.8 Å². The van der Waals surface area contributed by atoms with Gasteiger partial charge in [0, 0.05) is 6.42 Å². The summed E-state index contributed by atoms with van der Waals surface area (Å²) in [6.07, 6.45) is 1.63. The van der Waals surface area contributed by atoms with Crippen LogP contribution in [-0.2, 0) is 6.42 Å². The topological polar surface area (TPSA) is 44.5 Å². The number of nitrogens with two attached hydrogens (primary N) is 1. The van der Waals surface area contributed by atoms with Crippen molar-refractivity contribution in [3.05, 3.63) is 59.1 Å². The zero-order chi connectivity index (χ0) is 14.9. The minimum atomic E-state index is 0.572. The van der Waals surface area contributed by atoms with Crippen LogP contribution in [0.3, 0.4) is 0 Å². The molecule has 21 heavy (non-hydrogen) atoms. The Hall–Kier alpha value is -1.71. The van der Waals surface area contributed by atoms with Gasteiger partial charge in [0.1, 0.15) is 11.5 Å². The number of rotatable bonds is 8. The van der Waals surface area contributed by atoms with E-state index in [2.05, 4.69) is 0 Å². The largest absolute Gasteiger partial charge is 0.493 e. The average Bonchev–Trinajstić information content (AvgIpc) is 2.50. The first kappa shape index (κ1) is 15.7. The SMILES string of the molecule is NCCc1ccc(OCCCOc2ccccc2)c(Cl)c1. The highest BCUT2D eigenvalue weighted by Crippen LogP contribution is 2.25. The van der Waals surface area contributed by atoms with Gasteiger partial charge in [-0.25, -0.2) is 0 Å². The molecule has 0 unspecified atom stereocenters. The maximum Gasteiger partial charge on any atom is 0.137 e. The third-order valence-electron chi connectivity index (χ3n) is 2.99. The van der Waals surface area contributed by atoms with Gasteiger partial charge in [-0.05, 0) is 42.8 Å². The maximum absolute atomic E-state index is 6.18. The van der Waals surface area contributed by atoms with Gasteiger partial charge in [0.05, 0.1) is 18.2 Å². The minimum Gasteiger partial charge on any atom is -0.493 e. The van der Waals surface area contributed by atoms with E-state index in [-0.39, 0.29) is 0 Å². The lowest BCUT2D eigenvalue weighted by Crippen LogP contribution is -2.06. The number of para-hydroxylation sites is 1. The number of hydrogen-bond acceptors (Lipinski definition) is 3. The number of halogens is 1. The molecule has 0 saturated heterocycles. The molecule has 2 aromatic rings. The van der Waals surface area contributed by atoms with Gasteiger partial charge in [-0.1, -0.05) is 35.9 Å². The zero-order valence-electron chi connectivity index (χ0n) is 11.9. The molecule has 2 rings (SSSR count). The van der Waals surface area contributed by atoms with Crippen molar-refractivity contribution in [3.8, 4) is 11.5 Å². The first-order valence-corrected chi connectivity index (χ1v) is 7.46. The highest BCUT2D eigenvalue weighted by atomic mass is 35.5. The van der Waals surface area contributed by atoms with Crippen molar-refractivity contribution < 1.29 is 9.47 Å². The Morgan fingerprint density at radius 3 is 2.43 bits per heavy atom. The summed E-state index contributed by atoms with van der Waals surface area (Å²) < 4.78 is 11.3. The summed E-state index contributed by atoms with van der Waals surface area (Å²) in [6.45, 7) is 1.81. The molecule has 2 N–H and O–H groups in total. The fourth-order valence-electron chi connectivity index (χ4n) is 1.93. The second-order valence-electron chi connectivity index (χ2n) is 4.67. The average molecular weight is 306 g/mol. The summed E-state index contributed by atoms with van der Waals surface area (Å²) in [5.74, 6) is 1.58. The fraction of sp³-hybridized carbons (Fsp3) is 0.294. The number of ether oxygens (including phenoxy) is 2. The predicted octanol–water partition coefficient (Wildman–Crippen LogP) is 3.69. The Balaban J connectivity index is 1.71. The van der Waals surface area contributed by atoms with Gasteiger partial charge in [-0.2, -0.15) is 0 Å². The molecular formula is C17H20ClNO2. The molecule has 0 spiro atoms. The normalized spacial score (nSPS) is 10.4. The molecule has 0 atom stereocenters. The molecule has 0 aliphatic carbocycles. The molecule has 0 aliphatic rings. The summed E-state index contributed by atoms with van der Waals surface area (Å²) in [6, 6.07) is 15.5. The van der Waals surface area contributed by atoms with E-state index in [1.54, 1.807) is 0 Å². The minimum absolute atomic E-state index is 0.572. The van der Waals surface area contributed by atoms with Crippen LogP contribution in [-0.4, -0.2) is 19.8 Å². The molecule has 0 aromatic heterocycles. The van der Waals surface area contributed by atoms with Crippen LogP contribution in [0.4, 0.5) is 0 Å². The van der Waals surface area contributed by atoms with Gasteiger partial charge in [-0.15, -0.1) is 0 Å². The third-order valence-corrected chi connectivity index (χ3v) is 3.28. The molecule has 0 saturated carbocycles. The summed E-state index contributed by atoms with van der Waals surface area (Å²) in [4.78, 5) is 0. The van der Waals surface area contributed by atoms with E-state index in [0.717, 1.165) is 24.2 Å². The lowest BCUT2D eigenvalue weighted by molar-refractivity contribution is 0.247. The molecule has 0 bridgehead atoms. The molecule has 4 heteroatoms. The van der Waals surface area contributed by atoms with Gasteiger partial charge in [0.25, 0.3) is 0 Å². The highest BCUT2D eigenvalue weighted by molar-refractivity contribution is 6.32. The van der Waals surface area contributed by atoms with Crippen LogP contribution in [0.2, 0.25) is 5.02 Å². The quantitative estimate of drug-likeness (QED) is 0.757. The van der Waals surface area contributed by atoms with Crippen LogP contribution in [0.1, 0.15) is 12.0 Å². The van der Waals surface area contributed by atoms with Crippen molar-refractivity contribution in [1.82, 2.24) is 0 Å². The summed E-state index contributed by atoms with van der Waals surface area (Å²) in [5.41, 5.74) is 6.65. The first-order valence-electron chi connectivity index (χ1n) is 7.09. The summed E-state index contributed by atoms with van der Waals surface area (Å²) >= 11 is 6.18. The van der Waals surface area contributed by atoms with E-state index in [1.165, 1.54) is 0 Å². The second-order valence-corrected chi connectivity index (χ2v) is 5.07. The molecule has 112 valence electrons. The smallest absolute Gasteiger partial charge is 0.137 e. The fourth-order valence-corrected chi connectivity index (χ4v) is 2.19. The van der Waals surface area contributed by atoms with Crippen molar-refractivity contribution in [2.75, 3.05) is 19.8 Å². The van der Waals surface area contributed by atoms with Crippen molar-refractivity contribution in [1.29, 1.82) is 0 Å². The standard InChI is InChI=1S/C17H20ClNO2/c18-16-13-14(9-10-19)7-8-17(16)21-12-4-11-20-15-5-2-1-3-6-15/h1-3,5-8,13H,4,9-12,19H2. The van der Waals surface area contributed by atoms with Gasteiger partial charge < -0.3 is 15.2 Å². The highest BCUT2D eigenvalue weighted by Gasteiger charge is 2.03. The van der Waals surface area contributed by atoms with Gasteiger partial charge in [0.15, 0.2) is 0 Å². The zero-order valence-corrected chi connectivity index (χ0v) is 12.7. The third kappa shape index (κ3) is 5.29. The predicted molar refractivity (Wildman–Crippen MR) is 86.3 cm³/mol. The van der Waals surface area contributed by atoms with E-state index in [0.29, 0.717) is 30.5 Å². The van der Waals surface area contributed by atoms with E-state index >= 15 is 0 Å². The second kappa shape index (κ2) is 8.55. The molecule has 3 nitrogen and oxygen atoms in total. The molecule has 0 fully saturated rings. The van der Waals surface area contributed by atoms with Crippen LogP contribution in [0.25, 0.3) is 0 Å². The summed E-state index contributed by atoms with van der Waals surface area (Å²) in [5, 5.41) is 0.630. The Kier molecular flexibility index (Phi) is 6.38. The van der Waals surface area contributed by atoms with Crippen LogP contribution >= 0.6 is 11.6 Å². The van der Waals surface area contributed by atoms with Gasteiger partial charge >= 0.3 is 0 Å². The van der Waals surface area contributed by atoms with Crippen molar-refractivity contribution >= 4 is 11.6 Å². The maximum atomic E-state index is 6.18. The van der Waals surface area contributed by atoms with Crippen LogP contribution in [0.15, 0.2) is 48.5 Å². The van der Waals surface area contributed by atoms with E-state index in [1.807, 2.05) is 48.5 Å². The lowest BCUT2D eigenvalue weighted by atomic mass is 10.1. The van der Waals surface area contributed by atoms with Crippen LogP contribution in [0, 0.1) is 0 Å². The Morgan fingerprint density at radius 2 is 1.71 bits per heavy atom. The van der Waals surface area contributed by atoms with E-state index < -0.39 is 0 Å². The molecule has 0 aliphatic heterocycles. The number of hydrogen-bond donors (Lipinski definition) is 1. The molecule has 0 radical (unpaired) electrons. The van der Waals surface area contributed by atoms with Gasteiger partial charge in [-0.3, -0.25) is 0 Å². The molecule has 0 amide bonds. The van der Waals surface area contributed by atoms with Crippen molar-refractivity contribution in [2.24, 2.45) is 5.73 Å². The van der Waals surface area contributed by atoms with Crippen molar-refractivity contribution in [2.45, 2.75) is 12.8 Å². The Morgan fingerprint density at radius 1 is 0.952 bits per heavy atom. The molecular weight excluding hydrogens is 286 g/mol. The molecule has 0 heterocycles. The monoisotopic (exact) mass is 305 g/mol. The number of benzene rings is 2. The molecule has 2 aromatic carbocycles. The first-order chi connectivity index (χ1) is 10.3. The van der Waals surface area contributed by atoms with Gasteiger partial charge in [0.2, 0.25) is 0 Å². The van der Waals surface area contributed by atoms with Crippen molar-refractivity contribution in [3.63, 3.8) is 0 Å². The van der Waals surface area contributed by atoms with E-state index in [9.17, 15) is 0 Å².